The smallest absolute Gasteiger partial charge is 0.139 e. The second-order valence-electron chi connectivity index (χ2n) is 3.81. The molecule has 0 radical (unpaired) electrons. The minimum Gasteiger partial charge on any atom is -0.368 e. The van der Waals surface area contributed by atoms with Gasteiger partial charge in [-0.1, -0.05) is 24.3 Å². The van der Waals surface area contributed by atoms with Gasteiger partial charge in [0.15, 0.2) is 0 Å². The number of hydrogen-bond acceptors (Lipinski definition) is 2. The van der Waals surface area contributed by atoms with Crippen molar-refractivity contribution in [1.29, 1.82) is 0 Å². The predicted molar refractivity (Wildman–Crippen MR) is 57.3 cm³/mol. The van der Waals surface area contributed by atoms with Crippen LogP contribution in [0.2, 0.25) is 0 Å². The fourth-order valence-corrected chi connectivity index (χ4v) is 1.73. The van der Waals surface area contributed by atoms with Gasteiger partial charge in [0.2, 0.25) is 0 Å². The first kappa shape index (κ1) is 8.68. The van der Waals surface area contributed by atoms with Crippen molar-refractivity contribution in [1.82, 2.24) is 9.55 Å². The Kier molecular flexibility index (Phi) is 1.86. The maximum Gasteiger partial charge on any atom is 0.139 e. The van der Waals surface area contributed by atoms with Crippen molar-refractivity contribution < 1.29 is 4.74 Å². The van der Waals surface area contributed by atoms with Gasteiger partial charge in [0.1, 0.15) is 11.9 Å². The summed E-state index contributed by atoms with van der Waals surface area (Å²) in [6.45, 7) is 0.863. The third kappa shape index (κ3) is 1.55. The molecule has 3 nitrogen and oxygen atoms in total. The van der Waals surface area contributed by atoms with Crippen molar-refractivity contribution in [3.05, 3.63) is 42.2 Å². The number of nitrogens with zero attached hydrogens (tertiary/aromatic N) is 2. The SMILES string of the molecule is Cn1ccnc1-c1ccc(C2CO2)cc1. The van der Waals surface area contributed by atoms with Gasteiger partial charge >= 0.3 is 0 Å². The van der Waals surface area contributed by atoms with E-state index in [1.165, 1.54) is 5.56 Å². The average molecular weight is 200 g/mol. The van der Waals surface area contributed by atoms with E-state index in [1.807, 2.05) is 24.0 Å². The lowest BCUT2D eigenvalue weighted by atomic mass is 10.1. The highest BCUT2D eigenvalue weighted by Crippen LogP contribution is 2.30. The Morgan fingerprint density at radius 1 is 1.33 bits per heavy atom. The van der Waals surface area contributed by atoms with Crippen LogP contribution in [0.3, 0.4) is 0 Å². The molecule has 1 fully saturated rings. The van der Waals surface area contributed by atoms with Gasteiger partial charge in [-0.25, -0.2) is 4.98 Å². The van der Waals surface area contributed by atoms with Crippen LogP contribution in [0.1, 0.15) is 11.7 Å². The van der Waals surface area contributed by atoms with E-state index in [9.17, 15) is 0 Å². The van der Waals surface area contributed by atoms with Gasteiger partial charge in [-0.2, -0.15) is 0 Å². The largest absolute Gasteiger partial charge is 0.368 e. The minimum atomic E-state index is 0.334. The summed E-state index contributed by atoms with van der Waals surface area (Å²) >= 11 is 0. The Balaban J connectivity index is 1.96. The van der Waals surface area contributed by atoms with Crippen LogP contribution in [-0.2, 0) is 11.8 Å². The Labute approximate surface area is 88.3 Å². The Bertz CT molecular complexity index is 469. The van der Waals surface area contributed by atoms with Crippen molar-refractivity contribution in [2.45, 2.75) is 6.10 Å². The number of aryl methyl sites for hydroxylation is 1. The molecule has 2 aromatic rings. The van der Waals surface area contributed by atoms with E-state index < -0.39 is 0 Å². The van der Waals surface area contributed by atoms with E-state index in [0.29, 0.717) is 6.10 Å². The van der Waals surface area contributed by atoms with Crippen molar-refractivity contribution in [3.63, 3.8) is 0 Å². The van der Waals surface area contributed by atoms with E-state index in [-0.39, 0.29) is 0 Å². The molecular weight excluding hydrogens is 188 g/mol. The molecule has 1 atom stereocenters. The molecule has 15 heavy (non-hydrogen) atoms. The van der Waals surface area contributed by atoms with E-state index in [1.54, 1.807) is 0 Å². The van der Waals surface area contributed by atoms with Crippen LogP contribution < -0.4 is 0 Å². The fraction of sp³-hybridized carbons (Fsp3) is 0.250. The second-order valence-corrected chi connectivity index (χ2v) is 3.81. The van der Waals surface area contributed by atoms with Crippen molar-refractivity contribution >= 4 is 0 Å². The van der Waals surface area contributed by atoms with E-state index in [2.05, 4.69) is 29.2 Å². The first-order valence-electron chi connectivity index (χ1n) is 5.04. The Morgan fingerprint density at radius 2 is 2.07 bits per heavy atom. The summed E-state index contributed by atoms with van der Waals surface area (Å²) in [5, 5.41) is 0. The molecule has 0 N–H and O–H groups in total. The summed E-state index contributed by atoms with van der Waals surface area (Å²) in [6, 6.07) is 8.42. The van der Waals surface area contributed by atoms with E-state index >= 15 is 0 Å². The monoisotopic (exact) mass is 200 g/mol. The molecule has 0 aliphatic carbocycles. The lowest BCUT2D eigenvalue weighted by Gasteiger charge is -2.02. The lowest BCUT2D eigenvalue weighted by molar-refractivity contribution is 0.415. The molecule has 2 heterocycles. The van der Waals surface area contributed by atoms with Gasteiger partial charge < -0.3 is 9.30 Å². The maximum absolute atomic E-state index is 5.23. The molecule has 76 valence electrons. The molecule has 0 saturated carbocycles. The highest BCUT2D eigenvalue weighted by Gasteiger charge is 2.24. The van der Waals surface area contributed by atoms with Crippen LogP contribution in [0.5, 0.6) is 0 Å². The molecular formula is C12H12N2O. The zero-order valence-corrected chi connectivity index (χ0v) is 8.55. The molecule has 0 spiro atoms. The highest BCUT2D eigenvalue weighted by molar-refractivity contribution is 5.56. The predicted octanol–water partition coefficient (Wildman–Crippen LogP) is 2.16. The molecule has 3 heteroatoms. The van der Waals surface area contributed by atoms with Crippen LogP contribution in [-0.4, -0.2) is 16.2 Å². The summed E-state index contributed by atoms with van der Waals surface area (Å²) in [6.07, 6.45) is 4.10. The van der Waals surface area contributed by atoms with Crippen molar-refractivity contribution in [3.8, 4) is 11.4 Å². The molecule has 1 aliphatic rings. The number of benzene rings is 1. The zero-order chi connectivity index (χ0) is 10.3. The third-order valence-electron chi connectivity index (χ3n) is 2.70. The van der Waals surface area contributed by atoms with Crippen LogP contribution in [0.25, 0.3) is 11.4 Å². The highest BCUT2D eigenvalue weighted by atomic mass is 16.6. The van der Waals surface area contributed by atoms with Crippen LogP contribution in [0.15, 0.2) is 36.7 Å². The van der Waals surface area contributed by atoms with Gasteiger partial charge in [0, 0.05) is 25.0 Å². The average Bonchev–Trinajstić information content (AvgIpc) is 3.02. The number of imidazole rings is 1. The molecule has 3 rings (SSSR count). The summed E-state index contributed by atoms with van der Waals surface area (Å²) in [5.41, 5.74) is 2.40. The van der Waals surface area contributed by atoms with Crippen LogP contribution in [0.4, 0.5) is 0 Å². The molecule has 1 aliphatic heterocycles. The Morgan fingerprint density at radius 3 is 2.60 bits per heavy atom. The van der Waals surface area contributed by atoms with Gasteiger partial charge in [0.25, 0.3) is 0 Å². The summed E-state index contributed by atoms with van der Waals surface area (Å²) in [7, 11) is 2.00. The molecule has 0 amide bonds. The molecule has 1 saturated heterocycles. The normalized spacial score (nSPS) is 19.1. The third-order valence-corrected chi connectivity index (χ3v) is 2.70. The van der Waals surface area contributed by atoms with E-state index in [0.717, 1.165) is 18.0 Å². The molecule has 1 unspecified atom stereocenters. The quantitative estimate of drug-likeness (QED) is 0.695. The second kappa shape index (κ2) is 3.21. The maximum atomic E-state index is 5.23. The summed E-state index contributed by atoms with van der Waals surface area (Å²) in [5.74, 6) is 0.998. The number of rotatable bonds is 2. The molecule has 1 aromatic heterocycles. The van der Waals surface area contributed by atoms with Crippen molar-refractivity contribution in [2.24, 2.45) is 7.05 Å². The van der Waals surface area contributed by atoms with Gasteiger partial charge in [-0.05, 0) is 5.56 Å². The van der Waals surface area contributed by atoms with Crippen molar-refractivity contribution in [2.75, 3.05) is 6.61 Å². The first-order chi connectivity index (χ1) is 7.34. The van der Waals surface area contributed by atoms with Gasteiger partial charge in [-0.15, -0.1) is 0 Å². The van der Waals surface area contributed by atoms with Gasteiger partial charge in [0.05, 0.1) is 6.61 Å². The number of aromatic nitrogens is 2. The molecule has 0 bridgehead atoms. The minimum absolute atomic E-state index is 0.334. The number of ether oxygens (including phenoxy) is 1. The number of epoxide rings is 1. The molecule has 1 aromatic carbocycles. The topological polar surface area (TPSA) is 30.4 Å². The fourth-order valence-electron chi connectivity index (χ4n) is 1.73. The van der Waals surface area contributed by atoms with Crippen LogP contribution in [0, 0.1) is 0 Å². The number of hydrogen-bond donors (Lipinski definition) is 0. The van der Waals surface area contributed by atoms with Gasteiger partial charge in [-0.3, -0.25) is 0 Å². The lowest BCUT2D eigenvalue weighted by Crippen LogP contribution is -1.91. The zero-order valence-electron chi connectivity index (χ0n) is 8.55. The summed E-state index contributed by atoms with van der Waals surface area (Å²) in [4.78, 5) is 4.31. The summed E-state index contributed by atoms with van der Waals surface area (Å²) < 4.78 is 7.24. The Hall–Kier alpha value is -1.61. The first-order valence-corrected chi connectivity index (χ1v) is 5.04. The van der Waals surface area contributed by atoms with E-state index in [4.69, 9.17) is 4.74 Å². The standard InChI is InChI=1S/C12H12N2O/c1-14-7-6-13-12(14)10-4-2-9(3-5-10)11-8-15-11/h2-7,11H,8H2,1H3. The van der Waals surface area contributed by atoms with Crippen LogP contribution >= 0.6 is 0 Å².